The fourth-order valence-electron chi connectivity index (χ4n) is 3.33. The third-order valence-corrected chi connectivity index (χ3v) is 4.74. The van der Waals surface area contributed by atoms with Crippen molar-refractivity contribution in [2.24, 2.45) is 5.92 Å². The highest BCUT2D eigenvalue weighted by molar-refractivity contribution is 5.90. The first kappa shape index (κ1) is 14.9. The van der Waals surface area contributed by atoms with E-state index in [-0.39, 0.29) is 17.4 Å². The number of rotatable bonds is 4. The monoisotopic (exact) mass is 309 g/mol. The Morgan fingerprint density at radius 2 is 1.91 bits per heavy atom. The standard InChI is InChI=1S/C16H17F2NO3/c17-12-5-3-4-9(13(12)18)10-8-11(10)14(20)19-16(15(21)22)6-1-2-7-16/h3-5,10-11H,1-2,6-8H2,(H,19,20)(H,21,22). The quantitative estimate of drug-likeness (QED) is 0.898. The van der Waals surface area contributed by atoms with Crippen LogP contribution >= 0.6 is 0 Å². The molecule has 2 unspecified atom stereocenters. The molecule has 1 aromatic rings. The van der Waals surface area contributed by atoms with Gasteiger partial charge in [0.15, 0.2) is 11.6 Å². The second kappa shape index (κ2) is 5.34. The fourth-order valence-corrected chi connectivity index (χ4v) is 3.33. The molecule has 0 radical (unpaired) electrons. The Balaban J connectivity index is 1.70. The highest BCUT2D eigenvalue weighted by Gasteiger charge is 2.50. The number of nitrogens with one attached hydrogen (secondary N) is 1. The summed E-state index contributed by atoms with van der Waals surface area (Å²) in [6.45, 7) is 0. The highest BCUT2D eigenvalue weighted by Crippen LogP contribution is 2.49. The molecule has 0 heterocycles. The lowest BCUT2D eigenvalue weighted by molar-refractivity contribution is -0.147. The number of carbonyl (C=O) groups is 2. The first-order valence-electron chi connectivity index (χ1n) is 7.44. The van der Waals surface area contributed by atoms with Crippen LogP contribution in [-0.2, 0) is 9.59 Å². The molecule has 2 saturated carbocycles. The molecule has 6 heteroatoms. The van der Waals surface area contributed by atoms with Gasteiger partial charge >= 0.3 is 5.97 Å². The summed E-state index contributed by atoms with van der Waals surface area (Å²) in [6, 6.07) is 3.92. The molecule has 2 atom stereocenters. The van der Waals surface area contributed by atoms with Crippen molar-refractivity contribution in [2.45, 2.75) is 43.6 Å². The van der Waals surface area contributed by atoms with Crippen molar-refractivity contribution in [1.29, 1.82) is 0 Å². The van der Waals surface area contributed by atoms with E-state index in [1.165, 1.54) is 12.1 Å². The van der Waals surface area contributed by atoms with E-state index in [0.29, 0.717) is 19.3 Å². The maximum Gasteiger partial charge on any atom is 0.329 e. The highest BCUT2D eigenvalue weighted by atomic mass is 19.2. The molecule has 1 aromatic carbocycles. The molecule has 2 fully saturated rings. The number of carboxylic acids is 1. The molecule has 0 bridgehead atoms. The number of carboxylic acid groups (broad SMARTS) is 1. The average Bonchev–Trinajstić information content (AvgIpc) is 3.13. The van der Waals surface area contributed by atoms with Crippen molar-refractivity contribution in [3.05, 3.63) is 35.4 Å². The summed E-state index contributed by atoms with van der Waals surface area (Å²) in [7, 11) is 0. The summed E-state index contributed by atoms with van der Waals surface area (Å²) < 4.78 is 27.0. The third-order valence-electron chi connectivity index (χ3n) is 4.74. The molecular weight excluding hydrogens is 292 g/mol. The van der Waals surface area contributed by atoms with Gasteiger partial charge in [0.2, 0.25) is 5.91 Å². The van der Waals surface area contributed by atoms with E-state index in [2.05, 4.69) is 5.32 Å². The molecular formula is C16H17F2NO3. The lowest BCUT2D eigenvalue weighted by Gasteiger charge is -2.25. The summed E-state index contributed by atoms with van der Waals surface area (Å²) in [4.78, 5) is 23.7. The molecule has 0 saturated heterocycles. The van der Waals surface area contributed by atoms with E-state index in [9.17, 15) is 23.5 Å². The van der Waals surface area contributed by atoms with Crippen molar-refractivity contribution >= 4 is 11.9 Å². The van der Waals surface area contributed by atoms with Gasteiger partial charge in [0.25, 0.3) is 0 Å². The zero-order valence-electron chi connectivity index (χ0n) is 11.9. The third kappa shape index (κ3) is 2.46. The van der Waals surface area contributed by atoms with Crippen LogP contribution in [0.1, 0.15) is 43.6 Å². The van der Waals surface area contributed by atoms with E-state index in [0.717, 1.165) is 18.9 Å². The lowest BCUT2D eigenvalue weighted by atomic mass is 9.97. The van der Waals surface area contributed by atoms with E-state index < -0.39 is 29.1 Å². The minimum Gasteiger partial charge on any atom is -0.480 e. The van der Waals surface area contributed by atoms with Gasteiger partial charge in [-0.15, -0.1) is 0 Å². The maximum absolute atomic E-state index is 13.7. The average molecular weight is 309 g/mol. The Hall–Kier alpha value is -1.98. The van der Waals surface area contributed by atoms with E-state index in [1.807, 2.05) is 0 Å². The Kier molecular flexibility index (Phi) is 3.62. The SMILES string of the molecule is O=C(NC1(C(=O)O)CCCC1)C1CC1c1cccc(F)c1F. The lowest BCUT2D eigenvalue weighted by Crippen LogP contribution is -2.53. The van der Waals surface area contributed by atoms with Gasteiger partial charge < -0.3 is 10.4 Å². The summed E-state index contributed by atoms with van der Waals surface area (Å²) in [5.74, 6) is -4.10. The van der Waals surface area contributed by atoms with Gasteiger partial charge in [0.1, 0.15) is 5.54 Å². The molecule has 1 amide bonds. The fraction of sp³-hybridized carbons (Fsp3) is 0.500. The molecule has 0 aromatic heterocycles. The van der Waals surface area contributed by atoms with E-state index in [4.69, 9.17) is 0 Å². The molecule has 0 aliphatic heterocycles. The normalized spacial score (nSPS) is 25.7. The minimum absolute atomic E-state index is 0.191. The van der Waals surface area contributed by atoms with Gasteiger partial charge in [0.05, 0.1) is 0 Å². The van der Waals surface area contributed by atoms with Crippen molar-refractivity contribution in [1.82, 2.24) is 5.32 Å². The van der Waals surface area contributed by atoms with Crippen LogP contribution < -0.4 is 5.32 Å². The van der Waals surface area contributed by atoms with E-state index >= 15 is 0 Å². The first-order valence-corrected chi connectivity index (χ1v) is 7.44. The Labute approximate surface area is 126 Å². The summed E-state index contributed by atoms with van der Waals surface area (Å²) in [6.07, 6.45) is 2.78. The maximum atomic E-state index is 13.7. The Morgan fingerprint density at radius 3 is 2.55 bits per heavy atom. The van der Waals surface area contributed by atoms with Crippen molar-refractivity contribution < 1.29 is 23.5 Å². The number of hydrogen-bond donors (Lipinski definition) is 2. The summed E-state index contributed by atoms with van der Waals surface area (Å²) in [5.41, 5.74) is -0.999. The summed E-state index contributed by atoms with van der Waals surface area (Å²) in [5, 5.41) is 12.0. The van der Waals surface area contributed by atoms with Crippen LogP contribution in [0.15, 0.2) is 18.2 Å². The smallest absolute Gasteiger partial charge is 0.329 e. The zero-order chi connectivity index (χ0) is 15.9. The number of halogens is 2. The van der Waals surface area contributed by atoms with Crippen LogP contribution in [-0.4, -0.2) is 22.5 Å². The predicted octanol–water partition coefficient (Wildman–Crippen LogP) is 2.58. The molecule has 0 spiro atoms. The first-order chi connectivity index (χ1) is 10.4. The largest absolute Gasteiger partial charge is 0.480 e. The molecule has 4 nitrogen and oxygen atoms in total. The number of amides is 1. The van der Waals surface area contributed by atoms with Crippen molar-refractivity contribution in [3.63, 3.8) is 0 Å². The van der Waals surface area contributed by atoms with Crippen LogP contribution in [0.25, 0.3) is 0 Å². The zero-order valence-corrected chi connectivity index (χ0v) is 11.9. The van der Waals surface area contributed by atoms with E-state index in [1.54, 1.807) is 0 Å². The number of benzene rings is 1. The van der Waals surface area contributed by atoms with Crippen molar-refractivity contribution in [2.75, 3.05) is 0 Å². The van der Waals surface area contributed by atoms with Gasteiger partial charge in [-0.3, -0.25) is 4.79 Å². The molecule has 118 valence electrons. The Bertz CT molecular complexity index is 626. The summed E-state index contributed by atoms with van der Waals surface area (Å²) >= 11 is 0. The molecule has 2 aliphatic carbocycles. The molecule has 2 aliphatic rings. The number of hydrogen-bond acceptors (Lipinski definition) is 2. The molecule has 3 rings (SSSR count). The molecule has 2 N–H and O–H groups in total. The topological polar surface area (TPSA) is 66.4 Å². The second-order valence-corrected chi connectivity index (χ2v) is 6.18. The second-order valence-electron chi connectivity index (χ2n) is 6.18. The van der Waals surface area contributed by atoms with Gasteiger partial charge in [-0.2, -0.15) is 0 Å². The van der Waals surface area contributed by atoms with Crippen LogP contribution in [0.2, 0.25) is 0 Å². The number of carbonyl (C=O) groups excluding carboxylic acids is 1. The van der Waals surface area contributed by atoms with Gasteiger partial charge in [0, 0.05) is 5.92 Å². The predicted molar refractivity (Wildman–Crippen MR) is 74.2 cm³/mol. The van der Waals surface area contributed by atoms with Gasteiger partial charge in [-0.05, 0) is 36.8 Å². The van der Waals surface area contributed by atoms with Gasteiger partial charge in [-0.1, -0.05) is 25.0 Å². The number of aliphatic carboxylic acids is 1. The van der Waals surface area contributed by atoms with Crippen LogP contribution in [0, 0.1) is 17.6 Å². The van der Waals surface area contributed by atoms with Crippen LogP contribution in [0.3, 0.4) is 0 Å². The van der Waals surface area contributed by atoms with Gasteiger partial charge in [-0.25, -0.2) is 13.6 Å². The minimum atomic E-state index is -1.19. The van der Waals surface area contributed by atoms with Crippen LogP contribution in [0.4, 0.5) is 8.78 Å². The van der Waals surface area contributed by atoms with Crippen molar-refractivity contribution in [3.8, 4) is 0 Å². The molecule has 22 heavy (non-hydrogen) atoms. The van der Waals surface area contributed by atoms with Crippen LogP contribution in [0.5, 0.6) is 0 Å². The Morgan fingerprint density at radius 1 is 1.23 bits per heavy atom.